The van der Waals surface area contributed by atoms with Crippen molar-refractivity contribution < 1.29 is 18.3 Å². The van der Waals surface area contributed by atoms with Crippen LogP contribution in [0.1, 0.15) is 16.1 Å². The SMILES string of the molecule is COc1ccccc1CC(=O)c1cc2cc(F)ccc2o1. The molecule has 1 heterocycles. The predicted octanol–water partition coefficient (Wildman–Crippen LogP) is 4.01. The topological polar surface area (TPSA) is 39.4 Å². The minimum absolute atomic E-state index is 0.170. The number of carbonyl (C=O) groups excluding carboxylic acids is 1. The van der Waals surface area contributed by atoms with Crippen molar-refractivity contribution in [2.24, 2.45) is 0 Å². The van der Waals surface area contributed by atoms with E-state index >= 15 is 0 Å². The number of methoxy groups -OCH3 is 1. The predicted molar refractivity (Wildman–Crippen MR) is 77.2 cm³/mol. The van der Waals surface area contributed by atoms with E-state index in [1.807, 2.05) is 18.2 Å². The monoisotopic (exact) mass is 284 g/mol. The van der Waals surface area contributed by atoms with Crippen LogP contribution in [-0.4, -0.2) is 12.9 Å². The molecule has 3 aromatic rings. The number of furan rings is 1. The van der Waals surface area contributed by atoms with E-state index in [1.165, 1.54) is 18.2 Å². The molecule has 4 heteroatoms. The summed E-state index contributed by atoms with van der Waals surface area (Å²) in [5.74, 6) is 0.359. The molecule has 2 aromatic carbocycles. The lowest BCUT2D eigenvalue weighted by atomic mass is 10.1. The van der Waals surface area contributed by atoms with Crippen molar-refractivity contribution >= 4 is 16.8 Å². The molecule has 3 rings (SSSR count). The second-order valence-corrected chi connectivity index (χ2v) is 4.70. The fourth-order valence-electron chi connectivity index (χ4n) is 2.26. The first-order valence-corrected chi connectivity index (χ1v) is 6.51. The number of hydrogen-bond acceptors (Lipinski definition) is 3. The van der Waals surface area contributed by atoms with Crippen molar-refractivity contribution in [2.75, 3.05) is 7.11 Å². The van der Waals surface area contributed by atoms with Gasteiger partial charge in [0, 0.05) is 17.4 Å². The molecule has 0 aliphatic carbocycles. The van der Waals surface area contributed by atoms with Crippen LogP contribution in [0.4, 0.5) is 4.39 Å². The molecule has 0 saturated heterocycles. The average Bonchev–Trinajstić information content (AvgIpc) is 2.91. The number of hydrogen-bond donors (Lipinski definition) is 0. The molecule has 0 aliphatic heterocycles. The molecule has 0 atom stereocenters. The molecule has 3 nitrogen and oxygen atoms in total. The minimum atomic E-state index is -0.355. The maximum absolute atomic E-state index is 13.1. The average molecular weight is 284 g/mol. The zero-order valence-electron chi connectivity index (χ0n) is 11.4. The van der Waals surface area contributed by atoms with Gasteiger partial charge in [-0.1, -0.05) is 18.2 Å². The lowest BCUT2D eigenvalue weighted by molar-refractivity contribution is 0.0967. The quantitative estimate of drug-likeness (QED) is 0.680. The highest BCUT2D eigenvalue weighted by Crippen LogP contribution is 2.23. The first kappa shape index (κ1) is 13.4. The molecule has 0 saturated carbocycles. The van der Waals surface area contributed by atoms with Crippen LogP contribution in [0.15, 0.2) is 52.9 Å². The molecule has 0 unspecified atom stereocenters. The van der Waals surface area contributed by atoms with Gasteiger partial charge in [-0.15, -0.1) is 0 Å². The Balaban J connectivity index is 1.90. The molecule has 0 amide bonds. The van der Waals surface area contributed by atoms with Crippen molar-refractivity contribution in [1.29, 1.82) is 0 Å². The van der Waals surface area contributed by atoms with Gasteiger partial charge in [0.2, 0.25) is 5.78 Å². The highest BCUT2D eigenvalue weighted by atomic mass is 19.1. The molecular formula is C17H13FO3. The van der Waals surface area contributed by atoms with E-state index in [1.54, 1.807) is 19.2 Å². The van der Waals surface area contributed by atoms with Crippen molar-refractivity contribution in [1.82, 2.24) is 0 Å². The Kier molecular flexibility index (Phi) is 3.44. The van der Waals surface area contributed by atoms with E-state index in [-0.39, 0.29) is 23.8 Å². The first-order valence-electron chi connectivity index (χ1n) is 6.51. The zero-order chi connectivity index (χ0) is 14.8. The lowest BCUT2D eigenvalue weighted by Crippen LogP contribution is -2.03. The lowest BCUT2D eigenvalue weighted by Gasteiger charge is -2.06. The van der Waals surface area contributed by atoms with E-state index in [9.17, 15) is 9.18 Å². The Morgan fingerprint density at radius 1 is 1.19 bits per heavy atom. The number of ether oxygens (including phenoxy) is 1. The molecule has 0 fully saturated rings. The first-order chi connectivity index (χ1) is 10.2. The maximum atomic E-state index is 13.1. The van der Waals surface area contributed by atoms with Crippen LogP contribution in [0, 0.1) is 5.82 Å². The van der Waals surface area contributed by atoms with Crippen molar-refractivity contribution in [3.63, 3.8) is 0 Å². The summed E-state index contributed by atoms with van der Waals surface area (Å²) in [5, 5.41) is 0.582. The molecule has 0 N–H and O–H groups in total. The molecular weight excluding hydrogens is 271 g/mol. The molecule has 0 aliphatic rings. The van der Waals surface area contributed by atoms with Gasteiger partial charge in [-0.25, -0.2) is 4.39 Å². The van der Waals surface area contributed by atoms with E-state index < -0.39 is 0 Å². The van der Waals surface area contributed by atoms with E-state index in [2.05, 4.69) is 0 Å². The van der Waals surface area contributed by atoms with Gasteiger partial charge >= 0.3 is 0 Å². The molecule has 106 valence electrons. The molecule has 0 bridgehead atoms. The molecule has 1 aromatic heterocycles. The number of benzene rings is 2. The number of Topliss-reactive ketones (excluding diaryl/α,β-unsaturated/α-hetero) is 1. The summed E-state index contributed by atoms with van der Waals surface area (Å²) in [6.45, 7) is 0. The molecule has 21 heavy (non-hydrogen) atoms. The number of fused-ring (bicyclic) bond motifs is 1. The summed E-state index contributed by atoms with van der Waals surface area (Å²) >= 11 is 0. The Morgan fingerprint density at radius 3 is 2.81 bits per heavy atom. The van der Waals surface area contributed by atoms with Gasteiger partial charge in [-0.3, -0.25) is 4.79 Å². The molecule has 0 radical (unpaired) electrons. The van der Waals surface area contributed by atoms with E-state index in [0.717, 1.165) is 5.56 Å². The summed E-state index contributed by atoms with van der Waals surface area (Å²) < 4.78 is 23.8. The fraction of sp³-hybridized carbons (Fsp3) is 0.118. The number of para-hydroxylation sites is 1. The summed E-state index contributed by atoms with van der Waals surface area (Å²) in [5.41, 5.74) is 1.29. The highest BCUT2D eigenvalue weighted by Gasteiger charge is 2.15. The van der Waals surface area contributed by atoms with Gasteiger partial charge in [0.05, 0.1) is 7.11 Å². The number of ketones is 1. The Morgan fingerprint density at radius 2 is 2.00 bits per heavy atom. The van der Waals surface area contributed by atoms with Crippen LogP contribution < -0.4 is 4.74 Å². The Bertz CT molecular complexity index is 805. The summed E-state index contributed by atoms with van der Waals surface area (Å²) in [7, 11) is 1.56. The van der Waals surface area contributed by atoms with Crippen molar-refractivity contribution in [3.05, 3.63) is 65.7 Å². The summed E-state index contributed by atoms with van der Waals surface area (Å²) in [6, 6.07) is 13.1. The van der Waals surface area contributed by atoms with E-state index in [0.29, 0.717) is 16.7 Å². The van der Waals surface area contributed by atoms with Crippen molar-refractivity contribution in [2.45, 2.75) is 6.42 Å². The second kappa shape index (κ2) is 5.40. The van der Waals surface area contributed by atoms with Crippen LogP contribution in [0.2, 0.25) is 0 Å². The number of rotatable bonds is 4. The Labute approximate surface area is 120 Å². The van der Waals surface area contributed by atoms with Crippen molar-refractivity contribution in [3.8, 4) is 5.75 Å². The largest absolute Gasteiger partial charge is 0.496 e. The van der Waals surface area contributed by atoms with Gasteiger partial charge in [0.15, 0.2) is 5.76 Å². The van der Waals surface area contributed by atoms with Crippen LogP contribution in [0.5, 0.6) is 5.75 Å². The normalized spacial score (nSPS) is 10.8. The van der Waals surface area contributed by atoms with Crippen LogP contribution in [0.25, 0.3) is 11.0 Å². The van der Waals surface area contributed by atoms with Crippen LogP contribution >= 0.6 is 0 Å². The van der Waals surface area contributed by atoms with Gasteiger partial charge in [0.25, 0.3) is 0 Å². The van der Waals surface area contributed by atoms with Gasteiger partial charge in [-0.2, -0.15) is 0 Å². The summed E-state index contributed by atoms with van der Waals surface area (Å²) in [6.07, 6.45) is 0.173. The van der Waals surface area contributed by atoms with Gasteiger partial charge in [0.1, 0.15) is 17.1 Å². The third-order valence-corrected chi connectivity index (χ3v) is 3.30. The van der Waals surface area contributed by atoms with Gasteiger partial charge in [-0.05, 0) is 30.3 Å². The zero-order valence-corrected chi connectivity index (χ0v) is 11.4. The third-order valence-electron chi connectivity index (χ3n) is 3.30. The highest BCUT2D eigenvalue weighted by molar-refractivity contribution is 5.99. The maximum Gasteiger partial charge on any atom is 0.202 e. The molecule has 0 spiro atoms. The second-order valence-electron chi connectivity index (χ2n) is 4.70. The smallest absolute Gasteiger partial charge is 0.202 e. The van der Waals surface area contributed by atoms with E-state index in [4.69, 9.17) is 9.15 Å². The Hall–Kier alpha value is -2.62. The fourth-order valence-corrected chi connectivity index (χ4v) is 2.26. The third kappa shape index (κ3) is 2.65. The van der Waals surface area contributed by atoms with Crippen LogP contribution in [0.3, 0.4) is 0 Å². The number of carbonyl (C=O) groups is 1. The van der Waals surface area contributed by atoms with Crippen LogP contribution in [-0.2, 0) is 6.42 Å². The minimum Gasteiger partial charge on any atom is -0.496 e. The standard InChI is InChI=1S/C17H13FO3/c1-20-15-5-3-2-4-11(15)9-14(19)17-10-12-8-13(18)6-7-16(12)21-17/h2-8,10H,9H2,1H3. The number of halogens is 1. The summed E-state index contributed by atoms with van der Waals surface area (Å²) in [4.78, 5) is 12.3. The van der Waals surface area contributed by atoms with Gasteiger partial charge < -0.3 is 9.15 Å².